The third-order valence-corrected chi connectivity index (χ3v) is 9.63. The molecule has 0 aliphatic heterocycles. The molecule has 0 bridgehead atoms. The van der Waals surface area contributed by atoms with Crippen molar-refractivity contribution in [2.45, 2.75) is 6.54 Å². The fourth-order valence-corrected chi connectivity index (χ4v) is 7.35. The Morgan fingerprint density at radius 1 is 0.460 bits per heavy atom. The van der Waals surface area contributed by atoms with Gasteiger partial charge in [-0.25, -0.2) is 4.99 Å². The average Bonchev–Trinajstić information content (AvgIpc) is 3.69. The van der Waals surface area contributed by atoms with E-state index < -0.39 is 0 Å². The van der Waals surface area contributed by atoms with Gasteiger partial charge in [-0.3, -0.25) is 4.57 Å². The highest BCUT2D eigenvalue weighted by Crippen LogP contribution is 2.48. The molecular formula is C46H34N4. The number of anilines is 2. The average molecular weight is 643 g/mol. The van der Waals surface area contributed by atoms with Crippen LogP contribution in [0.2, 0.25) is 0 Å². The minimum Gasteiger partial charge on any atom is -0.333 e. The van der Waals surface area contributed by atoms with Gasteiger partial charge >= 0.3 is 0 Å². The monoisotopic (exact) mass is 642 g/mol. The number of para-hydroxylation sites is 3. The molecule has 4 nitrogen and oxygen atoms in total. The van der Waals surface area contributed by atoms with E-state index in [0.717, 1.165) is 45.0 Å². The molecule has 0 spiro atoms. The summed E-state index contributed by atoms with van der Waals surface area (Å²) in [6, 6.07) is 64.6. The summed E-state index contributed by atoms with van der Waals surface area (Å²) in [6.07, 6.45) is 0. The Balaban J connectivity index is 1.36. The fourth-order valence-electron chi connectivity index (χ4n) is 7.35. The summed E-state index contributed by atoms with van der Waals surface area (Å²) in [7, 11) is 0. The van der Waals surface area contributed by atoms with Crippen LogP contribution in [0.25, 0.3) is 55.2 Å². The standard InChI is InChI=1S/C46H34N4/c1-47-46-45(48(36-20-10-4-11-21-36)32-33-16-6-2-7-17-33)41-31-43-40(30-44(41)50(46)37-22-12-5-13-23-37)39-24-14-15-25-42(39)49(43)38-28-26-35(27-29-38)34-18-8-3-9-19-34/h2-31H,1,32H2. The second kappa shape index (κ2) is 12.4. The van der Waals surface area contributed by atoms with Gasteiger partial charge < -0.3 is 9.47 Å². The predicted molar refractivity (Wildman–Crippen MR) is 211 cm³/mol. The summed E-state index contributed by atoms with van der Waals surface area (Å²) in [5.41, 5.74) is 11.3. The number of benzene rings is 7. The molecule has 238 valence electrons. The lowest BCUT2D eigenvalue weighted by molar-refractivity contribution is 0.973. The number of nitrogens with zero attached hydrogens (tertiary/aromatic N) is 4. The van der Waals surface area contributed by atoms with Gasteiger partial charge in [0.1, 0.15) is 0 Å². The van der Waals surface area contributed by atoms with E-state index in [2.05, 4.69) is 203 Å². The molecule has 0 saturated heterocycles. The summed E-state index contributed by atoms with van der Waals surface area (Å²) in [5.74, 6) is 0.807. The topological polar surface area (TPSA) is 25.5 Å². The van der Waals surface area contributed by atoms with Crippen LogP contribution in [-0.2, 0) is 6.54 Å². The number of hydrogen-bond donors (Lipinski definition) is 0. The van der Waals surface area contributed by atoms with Crippen molar-refractivity contribution in [2.75, 3.05) is 4.90 Å². The number of hydrogen-bond acceptors (Lipinski definition) is 2. The Hall–Kier alpha value is -6.65. The first kappa shape index (κ1) is 29.5. The molecule has 0 amide bonds. The Bertz CT molecular complexity index is 2600. The van der Waals surface area contributed by atoms with Crippen LogP contribution in [0.4, 0.5) is 17.2 Å². The molecule has 0 fully saturated rings. The van der Waals surface area contributed by atoms with Crippen LogP contribution < -0.4 is 4.90 Å². The Morgan fingerprint density at radius 2 is 1.00 bits per heavy atom. The Labute approximate surface area is 291 Å². The molecule has 0 unspecified atom stereocenters. The second-order valence-corrected chi connectivity index (χ2v) is 12.6. The highest BCUT2D eigenvalue weighted by molar-refractivity contribution is 6.17. The van der Waals surface area contributed by atoms with Crippen LogP contribution in [0.1, 0.15) is 5.56 Å². The van der Waals surface area contributed by atoms with Crippen LogP contribution in [0.15, 0.2) is 187 Å². The van der Waals surface area contributed by atoms with E-state index in [1.54, 1.807) is 0 Å². The highest BCUT2D eigenvalue weighted by Gasteiger charge is 2.26. The van der Waals surface area contributed by atoms with Crippen LogP contribution in [0, 0.1) is 0 Å². The molecule has 0 aliphatic carbocycles. The SMILES string of the molecule is C=Nc1c(N(Cc2ccccc2)c2ccccc2)c2cc3c(cc2n1-c1ccccc1)c1ccccc1n3-c1ccc(-c2ccccc2)cc1. The molecule has 0 saturated carbocycles. The lowest BCUT2D eigenvalue weighted by Gasteiger charge is -2.25. The van der Waals surface area contributed by atoms with Gasteiger partial charge in [-0.15, -0.1) is 0 Å². The molecule has 7 aromatic carbocycles. The van der Waals surface area contributed by atoms with Crippen molar-refractivity contribution < 1.29 is 0 Å². The lowest BCUT2D eigenvalue weighted by atomic mass is 10.1. The highest BCUT2D eigenvalue weighted by atomic mass is 15.2. The van der Waals surface area contributed by atoms with Gasteiger partial charge in [0, 0.05) is 39.8 Å². The molecule has 2 aromatic heterocycles. The summed E-state index contributed by atoms with van der Waals surface area (Å²) < 4.78 is 4.66. The first-order valence-corrected chi connectivity index (χ1v) is 16.9. The minimum atomic E-state index is 0.670. The van der Waals surface area contributed by atoms with Crippen LogP contribution >= 0.6 is 0 Å². The van der Waals surface area contributed by atoms with Crippen molar-refractivity contribution >= 4 is 56.6 Å². The molecule has 9 rings (SSSR count). The van der Waals surface area contributed by atoms with E-state index in [1.807, 2.05) is 0 Å². The van der Waals surface area contributed by atoms with Gasteiger partial charge in [0.05, 0.1) is 22.2 Å². The van der Waals surface area contributed by atoms with Crippen molar-refractivity contribution in [1.82, 2.24) is 9.13 Å². The maximum absolute atomic E-state index is 4.79. The molecular weight excluding hydrogens is 609 g/mol. The van der Waals surface area contributed by atoms with Gasteiger partial charge in [0.25, 0.3) is 0 Å². The quantitative estimate of drug-likeness (QED) is 0.151. The molecule has 0 radical (unpaired) electrons. The van der Waals surface area contributed by atoms with E-state index in [0.29, 0.717) is 6.54 Å². The maximum Gasteiger partial charge on any atom is 0.161 e. The number of aliphatic imine (C=N–C) groups is 1. The smallest absolute Gasteiger partial charge is 0.161 e. The third kappa shape index (κ3) is 4.97. The van der Waals surface area contributed by atoms with Gasteiger partial charge in [-0.1, -0.05) is 127 Å². The molecule has 0 aliphatic rings. The van der Waals surface area contributed by atoms with Gasteiger partial charge in [0.2, 0.25) is 0 Å². The maximum atomic E-state index is 4.79. The first-order valence-electron chi connectivity index (χ1n) is 16.9. The normalized spacial score (nSPS) is 11.4. The van der Waals surface area contributed by atoms with Crippen molar-refractivity contribution in [3.63, 3.8) is 0 Å². The van der Waals surface area contributed by atoms with Gasteiger partial charge in [-0.2, -0.15) is 0 Å². The van der Waals surface area contributed by atoms with E-state index in [4.69, 9.17) is 4.99 Å². The molecule has 4 heteroatoms. The Kier molecular flexibility index (Phi) is 7.33. The van der Waals surface area contributed by atoms with Crippen LogP contribution in [0.3, 0.4) is 0 Å². The van der Waals surface area contributed by atoms with E-state index in [-0.39, 0.29) is 0 Å². The predicted octanol–water partition coefficient (Wildman–Crippen LogP) is 12.1. The fraction of sp³-hybridized carbons (Fsp3) is 0.0217. The third-order valence-electron chi connectivity index (χ3n) is 9.63. The van der Waals surface area contributed by atoms with Crippen LogP contribution in [-0.4, -0.2) is 15.9 Å². The lowest BCUT2D eigenvalue weighted by Crippen LogP contribution is -2.16. The van der Waals surface area contributed by atoms with E-state index in [9.17, 15) is 0 Å². The molecule has 50 heavy (non-hydrogen) atoms. The number of rotatable bonds is 8. The summed E-state index contributed by atoms with van der Waals surface area (Å²) in [6.45, 7) is 4.83. The summed E-state index contributed by atoms with van der Waals surface area (Å²) >= 11 is 0. The summed E-state index contributed by atoms with van der Waals surface area (Å²) in [4.78, 5) is 7.18. The van der Waals surface area contributed by atoms with Crippen molar-refractivity contribution in [2.24, 2.45) is 4.99 Å². The van der Waals surface area contributed by atoms with Crippen LogP contribution in [0.5, 0.6) is 0 Å². The largest absolute Gasteiger partial charge is 0.333 e. The minimum absolute atomic E-state index is 0.670. The number of fused-ring (bicyclic) bond motifs is 4. The second-order valence-electron chi connectivity index (χ2n) is 12.6. The van der Waals surface area contributed by atoms with Crippen molar-refractivity contribution in [3.05, 3.63) is 188 Å². The zero-order chi connectivity index (χ0) is 33.4. The van der Waals surface area contributed by atoms with Crippen molar-refractivity contribution in [1.29, 1.82) is 0 Å². The molecule has 0 atom stereocenters. The van der Waals surface area contributed by atoms with Gasteiger partial charge in [0.15, 0.2) is 5.82 Å². The molecule has 0 N–H and O–H groups in total. The number of aromatic nitrogens is 2. The zero-order valence-electron chi connectivity index (χ0n) is 27.5. The van der Waals surface area contributed by atoms with E-state index >= 15 is 0 Å². The molecule has 9 aromatic rings. The van der Waals surface area contributed by atoms with E-state index in [1.165, 1.54) is 33.0 Å². The van der Waals surface area contributed by atoms with Gasteiger partial charge in [-0.05, 0) is 78.0 Å². The molecule has 2 heterocycles. The van der Waals surface area contributed by atoms with Crippen molar-refractivity contribution in [3.8, 4) is 22.5 Å². The zero-order valence-corrected chi connectivity index (χ0v) is 27.5. The first-order chi connectivity index (χ1) is 24.8. The summed E-state index contributed by atoms with van der Waals surface area (Å²) in [5, 5.41) is 3.50. The Morgan fingerprint density at radius 3 is 1.70 bits per heavy atom.